The molecule has 96 valence electrons. The molecule has 0 radical (unpaired) electrons. The summed E-state index contributed by atoms with van der Waals surface area (Å²) in [5, 5.41) is 7.50. The number of hydrogen-bond donors (Lipinski definition) is 1. The van der Waals surface area contributed by atoms with Crippen molar-refractivity contribution in [2.75, 3.05) is 5.32 Å². The van der Waals surface area contributed by atoms with E-state index in [1.165, 1.54) is 6.07 Å². The summed E-state index contributed by atoms with van der Waals surface area (Å²) in [6.45, 7) is 3.64. The molecule has 0 bridgehead atoms. The van der Waals surface area contributed by atoms with Gasteiger partial charge < -0.3 is 5.32 Å². The van der Waals surface area contributed by atoms with Crippen molar-refractivity contribution in [3.63, 3.8) is 0 Å². The molecular formula is C13H15ClFN3. The Morgan fingerprint density at radius 1 is 1.44 bits per heavy atom. The van der Waals surface area contributed by atoms with E-state index >= 15 is 0 Å². The van der Waals surface area contributed by atoms with Crippen molar-refractivity contribution in [2.45, 2.75) is 26.4 Å². The molecule has 0 spiro atoms. The molecule has 0 atom stereocenters. The Morgan fingerprint density at radius 3 is 3.00 bits per heavy atom. The smallest absolute Gasteiger partial charge is 0.143 e. The van der Waals surface area contributed by atoms with E-state index < -0.39 is 5.82 Å². The Hall–Kier alpha value is -1.55. The molecule has 3 nitrogen and oxygen atoms in total. The SMILES string of the molecule is CCCn1cc(CNc2ccc(Cl)c(F)c2)cn1. The van der Waals surface area contributed by atoms with Crippen LogP contribution >= 0.6 is 11.6 Å². The number of nitrogens with zero attached hydrogens (tertiary/aromatic N) is 2. The lowest BCUT2D eigenvalue weighted by Crippen LogP contribution is -1.99. The largest absolute Gasteiger partial charge is 0.381 e. The summed E-state index contributed by atoms with van der Waals surface area (Å²) >= 11 is 5.62. The highest BCUT2D eigenvalue weighted by atomic mass is 35.5. The Morgan fingerprint density at radius 2 is 2.28 bits per heavy atom. The second-order valence-corrected chi connectivity index (χ2v) is 4.50. The fourth-order valence-corrected chi connectivity index (χ4v) is 1.78. The Labute approximate surface area is 111 Å². The van der Waals surface area contributed by atoms with Crippen LogP contribution in [0.25, 0.3) is 0 Å². The predicted octanol–water partition coefficient (Wildman–Crippen LogP) is 3.70. The minimum atomic E-state index is -0.414. The van der Waals surface area contributed by atoms with Crippen molar-refractivity contribution in [3.05, 3.63) is 47.0 Å². The Balaban J connectivity index is 1.95. The van der Waals surface area contributed by atoms with E-state index in [1.54, 1.807) is 12.1 Å². The van der Waals surface area contributed by atoms with Crippen LogP contribution in [0.15, 0.2) is 30.6 Å². The summed E-state index contributed by atoms with van der Waals surface area (Å²) < 4.78 is 15.1. The van der Waals surface area contributed by atoms with Gasteiger partial charge in [0.2, 0.25) is 0 Å². The first-order valence-electron chi connectivity index (χ1n) is 5.89. The summed E-state index contributed by atoms with van der Waals surface area (Å²) in [6.07, 6.45) is 4.86. The molecule has 18 heavy (non-hydrogen) atoms. The van der Waals surface area contributed by atoms with Crippen molar-refractivity contribution in [1.29, 1.82) is 0 Å². The molecule has 1 heterocycles. The number of hydrogen-bond acceptors (Lipinski definition) is 2. The molecule has 0 aliphatic carbocycles. The Bertz CT molecular complexity index is 525. The van der Waals surface area contributed by atoms with Crippen molar-refractivity contribution >= 4 is 17.3 Å². The lowest BCUT2D eigenvalue weighted by molar-refractivity contribution is 0.602. The third kappa shape index (κ3) is 3.23. The van der Waals surface area contributed by atoms with Gasteiger partial charge in [0.05, 0.1) is 11.2 Å². The van der Waals surface area contributed by atoms with Gasteiger partial charge in [-0.1, -0.05) is 18.5 Å². The van der Waals surface area contributed by atoms with Gasteiger partial charge in [0.1, 0.15) is 5.82 Å². The van der Waals surface area contributed by atoms with Crippen LogP contribution in [-0.2, 0) is 13.1 Å². The Kier molecular flexibility index (Phi) is 4.20. The molecule has 1 N–H and O–H groups in total. The third-order valence-corrected chi connectivity index (χ3v) is 2.86. The van der Waals surface area contributed by atoms with E-state index in [2.05, 4.69) is 17.3 Å². The second kappa shape index (κ2) is 5.87. The number of benzene rings is 1. The van der Waals surface area contributed by atoms with Gasteiger partial charge >= 0.3 is 0 Å². The van der Waals surface area contributed by atoms with Gasteiger partial charge in [-0.25, -0.2) is 4.39 Å². The summed E-state index contributed by atoms with van der Waals surface area (Å²) in [5.74, 6) is -0.414. The lowest BCUT2D eigenvalue weighted by Gasteiger charge is -2.05. The maximum atomic E-state index is 13.2. The van der Waals surface area contributed by atoms with Crippen LogP contribution in [0.2, 0.25) is 5.02 Å². The summed E-state index contributed by atoms with van der Waals surface area (Å²) in [7, 11) is 0. The van der Waals surface area contributed by atoms with Crippen molar-refractivity contribution < 1.29 is 4.39 Å². The first-order valence-corrected chi connectivity index (χ1v) is 6.27. The zero-order chi connectivity index (χ0) is 13.0. The minimum Gasteiger partial charge on any atom is -0.381 e. The van der Waals surface area contributed by atoms with E-state index in [-0.39, 0.29) is 5.02 Å². The number of aryl methyl sites for hydroxylation is 1. The molecule has 2 rings (SSSR count). The van der Waals surface area contributed by atoms with Crippen LogP contribution in [0.3, 0.4) is 0 Å². The number of halogens is 2. The van der Waals surface area contributed by atoms with Gasteiger partial charge in [-0.2, -0.15) is 5.10 Å². The zero-order valence-electron chi connectivity index (χ0n) is 10.2. The highest BCUT2D eigenvalue weighted by molar-refractivity contribution is 6.30. The molecule has 0 saturated carbocycles. The molecule has 1 aromatic heterocycles. The van der Waals surface area contributed by atoms with Gasteiger partial charge in [-0.3, -0.25) is 4.68 Å². The maximum Gasteiger partial charge on any atom is 0.143 e. The molecular weight excluding hydrogens is 253 g/mol. The number of rotatable bonds is 5. The molecule has 5 heteroatoms. The highest BCUT2D eigenvalue weighted by Gasteiger charge is 2.02. The van der Waals surface area contributed by atoms with E-state index in [4.69, 9.17) is 11.6 Å². The van der Waals surface area contributed by atoms with Crippen LogP contribution in [0, 0.1) is 5.82 Å². The standard InChI is InChI=1S/C13H15ClFN3/c1-2-5-18-9-10(8-17-18)7-16-11-3-4-12(14)13(15)6-11/h3-4,6,8-9,16H,2,5,7H2,1H3. The molecule has 1 aromatic carbocycles. The van der Waals surface area contributed by atoms with Crippen molar-refractivity contribution in [3.8, 4) is 0 Å². The first kappa shape index (κ1) is 12.9. The molecule has 0 unspecified atom stereocenters. The van der Waals surface area contributed by atoms with Crippen molar-refractivity contribution in [2.24, 2.45) is 0 Å². The minimum absolute atomic E-state index is 0.135. The normalized spacial score (nSPS) is 10.6. The second-order valence-electron chi connectivity index (χ2n) is 4.09. The van der Waals surface area contributed by atoms with E-state index in [1.807, 2.05) is 17.1 Å². The van der Waals surface area contributed by atoms with Gasteiger partial charge in [0.15, 0.2) is 0 Å². The monoisotopic (exact) mass is 267 g/mol. The van der Waals surface area contributed by atoms with E-state index in [9.17, 15) is 4.39 Å². The average molecular weight is 268 g/mol. The predicted molar refractivity (Wildman–Crippen MR) is 71.3 cm³/mol. The molecule has 0 fully saturated rings. The third-order valence-electron chi connectivity index (χ3n) is 2.56. The maximum absolute atomic E-state index is 13.2. The zero-order valence-corrected chi connectivity index (χ0v) is 10.9. The van der Waals surface area contributed by atoms with E-state index in [0.717, 1.165) is 18.5 Å². The molecule has 0 aliphatic heterocycles. The molecule has 0 saturated heterocycles. The van der Waals surface area contributed by atoms with Gasteiger partial charge in [0.25, 0.3) is 0 Å². The van der Waals surface area contributed by atoms with Gasteiger partial charge in [0, 0.05) is 30.5 Å². The van der Waals surface area contributed by atoms with Gasteiger partial charge in [-0.15, -0.1) is 0 Å². The van der Waals surface area contributed by atoms with E-state index in [0.29, 0.717) is 12.2 Å². The quantitative estimate of drug-likeness (QED) is 0.895. The van der Waals surface area contributed by atoms with Crippen molar-refractivity contribution in [1.82, 2.24) is 9.78 Å². The summed E-state index contributed by atoms with van der Waals surface area (Å²) in [5.41, 5.74) is 1.78. The summed E-state index contributed by atoms with van der Waals surface area (Å²) in [4.78, 5) is 0. The van der Waals surface area contributed by atoms with Crippen LogP contribution < -0.4 is 5.32 Å². The number of anilines is 1. The molecule has 0 amide bonds. The van der Waals surface area contributed by atoms with Crippen LogP contribution in [-0.4, -0.2) is 9.78 Å². The van der Waals surface area contributed by atoms with Crippen LogP contribution in [0.4, 0.5) is 10.1 Å². The fraction of sp³-hybridized carbons (Fsp3) is 0.308. The molecule has 0 aliphatic rings. The van der Waals surface area contributed by atoms with Gasteiger partial charge in [-0.05, 0) is 24.6 Å². The van der Waals surface area contributed by atoms with Crippen LogP contribution in [0.1, 0.15) is 18.9 Å². The molecule has 2 aromatic rings. The lowest BCUT2D eigenvalue weighted by atomic mass is 10.3. The van der Waals surface area contributed by atoms with Crippen LogP contribution in [0.5, 0.6) is 0 Å². The fourth-order valence-electron chi connectivity index (χ4n) is 1.66. The topological polar surface area (TPSA) is 29.9 Å². The summed E-state index contributed by atoms with van der Waals surface area (Å²) in [6, 6.07) is 4.68. The average Bonchev–Trinajstić information content (AvgIpc) is 2.79. The number of nitrogens with one attached hydrogen (secondary N) is 1. The highest BCUT2D eigenvalue weighted by Crippen LogP contribution is 2.19. The first-order chi connectivity index (χ1) is 8.69. The number of aromatic nitrogens is 2.